The van der Waals surface area contributed by atoms with E-state index in [4.69, 9.17) is 0 Å². The van der Waals surface area contributed by atoms with Crippen LogP contribution in [0.3, 0.4) is 0 Å². The molecule has 0 aliphatic carbocycles. The van der Waals surface area contributed by atoms with Crippen molar-refractivity contribution < 1.29 is 4.79 Å². The van der Waals surface area contributed by atoms with E-state index in [1.165, 1.54) is 16.9 Å². The largest absolute Gasteiger partial charge is 0.336 e. The molecule has 1 aromatic heterocycles. The molecule has 1 aromatic rings. The van der Waals surface area contributed by atoms with E-state index in [1.807, 2.05) is 11.9 Å². The maximum atomic E-state index is 12.5. The summed E-state index contributed by atoms with van der Waals surface area (Å²) in [6.07, 6.45) is 3.29. The number of piperidine rings is 1. The van der Waals surface area contributed by atoms with Gasteiger partial charge < -0.3 is 10.2 Å². The molecule has 100 valence electrons. The molecule has 2 heterocycles. The lowest BCUT2D eigenvalue weighted by atomic mass is 10.1. The van der Waals surface area contributed by atoms with Crippen molar-refractivity contribution in [3.05, 3.63) is 21.4 Å². The van der Waals surface area contributed by atoms with Crippen molar-refractivity contribution in [1.29, 1.82) is 0 Å². The molecule has 1 aliphatic heterocycles. The Kier molecular flexibility index (Phi) is 4.40. The van der Waals surface area contributed by atoms with Crippen LogP contribution in [0.2, 0.25) is 0 Å². The molecule has 1 fully saturated rings. The fourth-order valence-corrected chi connectivity index (χ4v) is 3.61. The Bertz CT molecular complexity index is 427. The highest BCUT2D eigenvalue weighted by molar-refractivity contribution is 7.14. The van der Waals surface area contributed by atoms with E-state index in [-0.39, 0.29) is 5.91 Å². The maximum absolute atomic E-state index is 12.5. The maximum Gasteiger partial charge on any atom is 0.263 e. The number of carbonyl (C=O) groups excluding carboxylic acids is 1. The zero-order chi connectivity index (χ0) is 13.1. The number of amides is 1. The van der Waals surface area contributed by atoms with Crippen molar-refractivity contribution in [2.45, 2.75) is 39.2 Å². The van der Waals surface area contributed by atoms with Crippen LogP contribution < -0.4 is 5.32 Å². The Morgan fingerprint density at radius 3 is 3.00 bits per heavy atom. The van der Waals surface area contributed by atoms with Gasteiger partial charge in [-0.1, -0.05) is 6.92 Å². The summed E-state index contributed by atoms with van der Waals surface area (Å²) in [4.78, 5) is 16.7. The Morgan fingerprint density at radius 2 is 2.39 bits per heavy atom. The summed E-state index contributed by atoms with van der Waals surface area (Å²) in [5.74, 6) is 0.211. The molecule has 1 N–H and O–H groups in total. The number of hydrogen-bond donors (Lipinski definition) is 1. The van der Waals surface area contributed by atoms with E-state index in [1.54, 1.807) is 11.3 Å². The molecule has 0 bridgehead atoms. The summed E-state index contributed by atoms with van der Waals surface area (Å²) in [7, 11) is 1.98. The molecule has 1 saturated heterocycles. The topological polar surface area (TPSA) is 32.3 Å². The quantitative estimate of drug-likeness (QED) is 0.911. The number of thiophene rings is 1. The van der Waals surface area contributed by atoms with Crippen molar-refractivity contribution in [2.24, 2.45) is 0 Å². The van der Waals surface area contributed by atoms with E-state index in [0.29, 0.717) is 6.04 Å². The zero-order valence-electron chi connectivity index (χ0n) is 11.5. The Balaban J connectivity index is 2.10. The number of nitrogens with one attached hydrogen (secondary N) is 1. The SMILES string of the molecule is CCc1sc(C(=O)N2CCC[C@@H](NC)C2)cc1C. The second-order valence-corrected chi connectivity index (χ2v) is 6.09. The normalized spacial score (nSPS) is 20.2. The van der Waals surface area contributed by atoms with Gasteiger partial charge in [-0.05, 0) is 44.9 Å². The van der Waals surface area contributed by atoms with Gasteiger partial charge in [0.05, 0.1) is 4.88 Å². The first-order valence-corrected chi connectivity index (χ1v) is 7.53. The van der Waals surface area contributed by atoms with Crippen LogP contribution in [0.25, 0.3) is 0 Å². The van der Waals surface area contributed by atoms with Crippen LogP contribution >= 0.6 is 11.3 Å². The van der Waals surface area contributed by atoms with Crippen LogP contribution in [0, 0.1) is 6.92 Å². The average molecular weight is 266 g/mol. The van der Waals surface area contributed by atoms with Gasteiger partial charge in [-0.25, -0.2) is 0 Å². The number of likely N-dealkylation sites (N-methyl/N-ethyl adjacent to an activating group) is 1. The van der Waals surface area contributed by atoms with E-state index >= 15 is 0 Å². The van der Waals surface area contributed by atoms with Crippen LogP contribution in [0.4, 0.5) is 0 Å². The van der Waals surface area contributed by atoms with Crippen molar-refractivity contribution in [2.75, 3.05) is 20.1 Å². The summed E-state index contributed by atoms with van der Waals surface area (Å²) in [5, 5.41) is 3.28. The van der Waals surface area contributed by atoms with E-state index in [0.717, 1.165) is 30.8 Å². The molecule has 4 heteroatoms. The first-order chi connectivity index (χ1) is 8.65. The van der Waals surface area contributed by atoms with Gasteiger partial charge in [-0.15, -0.1) is 11.3 Å². The fourth-order valence-electron chi connectivity index (χ4n) is 2.53. The van der Waals surface area contributed by atoms with Crippen molar-refractivity contribution in [3.63, 3.8) is 0 Å². The van der Waals surface area contributed by atoms with Gasteiger partial charge >= 0.3 is 0 Å². The van der Waals surface area contributed by atoms with Crippen LogP contribution in [-0.2, 0) is 6.42 Å². The number of carbonyl (C=O) groups is 1. The summed E-state index contributed by atoms with van der Waals surface area (Å²) >= 11 is 1.66. The van der Waals surface area contributed by atoms with Gasteiger partial charge in [0.1, 0.15) is 0 Å². The molecular formula is C14H22N2OS. The summed E-state index contributed by atoms with van der Waals surface area (Å²) in [6.45, 7) is 5.98. The van der Waals surface area contributed by atoms with Crippen LogP contribution in [-0.4, -0.2) is 37.0 Å². The smallest absolute Gasteiger partial charge is 0.263 e. The minimum Gasteiger partial charge on any atom is -0.336 e. The Morgan fingerprint density at radius 1 is 1.61 bits per heavy atom. The molecule has 0 radical (unpaired) electrons. The molecule has 0 saturated carbocycles. The van der Waals surface area contributed by atoms with Crippen molar-refractivity contribution >= 4 is 17.2 Å². The number of nitrogens with zero attached hydrogens (tertiary/aromatic N) is 1. The van der Waals surface area contributed by atoms with Gasteiger partial charge in [-0.2, -0.15) is 0 Å². The first kappa shape index (κ1) is 13.6. The summed E-state index contributed by atoms with van der Waals surface area (Å²) < 4.78 is 0. The third kappa shape index (κ3) is 2.75. The molecule has 1 atom stereocenters. The lowest BCUT2D eigenvalue weighted by Crippen LogP contribution is -2.46. The lowest BCUT2D eigenvalue weighted by molar-refractivity contribution is 0.0703. The van der Waals surface area contributed by atoms with Gasteiger partial charge in [0.2, 0.25) is 0 Å². The van der Waals surface area contributed by atoms with E-state index in [9.17, 15) is 4.79 Å². The number of aryl methyl sites for hydroxylation is 2. The zero-order valence-corrected chi connectivity index (χ0v) is 12.3. The molecule has 1 aliphatic rings. The van der Waals surface area contributed by atoms with Crippen LogP contribution in [0.15, 0.2) is 6.07 Å². The van der Waals surface area contributed by atoms with Crippen molar-refractivity contribution in [3.8, 4) is 0 Å². The number of rotatable bonds is 3. The molecule has 2 rings (SSSR count). The lowest BCUT2D eigenvalue weighted by Gasteiger charge is -2.32. The van der Waals surface area contributed by atoms with Gasteiger partial charge in [0.15, 0.2) is 0 Å². The second kappa shape index (κ2) is 5.85. The van der Waals surface area contributed by atoms with E-state index < -0.39 is 0 Å². The molecule has 18 heavy (non-hydrogen) atoms. The molecule has 0 unspecified atom stereocenters. The van der Waals surface area contributed by atoms with Gasteiger partial charge in [0.25, 0.3) is 5.91 Å². The van der Waals surface area contributed by atoms with Crippen LogP contribution in [0.5, 0.6) is 0 Å². The Hall–Kier alpha value is -0.870. The number of hydrogen-bond acceptors (Lipinski definition) is 3. The highest BCUT2D eigenvalue weighted by atomic mass is 32.1. The monoisotopic (exact) mass is 266 g/mol. The standard InChI is InChI=1S/C14H22N2OS/c1-4-12-10(2)8-13(18-12)14(17)16-7-5-6-11(9-16)15-3/h8,11,15H,4-7,9H2,1-3H3/t11-/m1/s1. The molecule has 0 aromatic carbocycles. The fraction of sp³-hybridized carbons (Fsp3) is 0.643. The highest BCUT2D eigenvalue weighted by Crippen LogP contribution is 2.24. The first-order valence-electron chi connectivity index (χ1n) is 6.71. The van der Waals surface area contributed by atoms with Gasteiger partial charge in [-0.3, -0.25) is 4.79 Å². The second-order valence-electron chi connectivity index (χ2n) is 4.95. The predicted molar refractivity (Wildman–Crippen MR) is 76.4 cm³/mol. The van der Waals surface area contributed by atoms with E-state index in [2.05, 4.69) is 25.2 Å². The number of likely N-dealkylation sites (tertiary alicyclic amines) is 1. The Labute approximate surface area is 113 Å². The summed E-state index contributed by atoms with van der Waals surface area (Å²) in [5.41, 5.74) is 1.26. The molecular weight excluding hydrogens is 244 g/mol. The van der Waals surface area contributed by atoms with Gasteiger partial charge in [0, 0.05) is 24.0 Å². The predicted octanol–water partition coefficient (Wildman–Crippen LogP) is 2.44. The van der Waals surface area contributed by atoms with Crippen molar-refractivity contribution in [1.82, 2.24) is 10.2 Å². The molecule has 1 amide bonds. The minimum absolute atomic E-state index is 0.211. The third-order valence-corrected chi connectivity index (χ3v) is 5.04. The van der Waals surface area contributed by atoms with Crippen LogP contribution in [0.1, 0.15) is 39.9 Å². The summed E-state index contributed by atoms with van der Waals surface area (Å²) in [6, 6.07) is 2.50. The highest BCUT2D eigenvalue weighted by Gasteiger charge is 2.24. The molecule has 0 spiro atoms. The minimum atomic E-state index is 0.211. The molecule has 3 nitrogen and oxygen atoms in total. The third-order valence-electron chi connectivity index (χ3n) is 3.67. The average Bonchev–Trinajstić information content (AvgIpc) is 2.79.